The summed E-state index contributed by atoms with van der Waals surface area (Å²) in [6.07, 6.45) is 1.75. The molecular weight excluding hydrogens is 356 g/mol. The highest BCUT2D eigenvalue weighted by molar-refractivity contribution is 7.98. The van der Waals surface area contributed by atoms with E-state index in [2.05, 4.69) is 16.8 Å². The molecule has 3 rings (SSSR count). The van der Waals surface area contributed by atoms with Crippen molar-refractivity contribution in [3.63, 3.8) is 0 Å². The minimum atomic E-state index is -0.316. The first-order valence-electron chi connectivity index (χ1n) is 7.94. The molecule has 0 aliphatic heterocycles. The molecule has 0 saturated heterocycles. The van der Waals surface area contributed by atoms with Crippen LogP contribution in [-0.4, -0.2) is 14.8 Å². The molecule has 0 unspecified atom stereocenters. The summed E-state index contributed by atoms with van der Waals surface area (Å²) >= 11 is 1.46. The van der Waals surface area contributed by atoms with Crippen LogP contribution in [0.5, 0.6) is 5.75 Å². The number of aromatic nitrogens is 3. The maximum atomic E-state index is 13.3. The molecule has 0 amide bonds. The second kappa shape index (κ2) is 8.62. The van der Waals surface area contributed by atoms with E-state index in [0.29, 0.717) is 29.0 Å². The highest BCUT2D eigenvalue weighted by Crippen LogP contribution is 2.23. The van der Waals surface area contributed by atoms with Gasteiger partial charge in [-0.1, -0.05) is 30.0 Å². The van der Waals surface area contributed by atoms with Gasteiger partial charge in [0.05, 0.1) is 0 Å². The number of benzene rings is 2. The maximum Gasteiger partial charge on any atom is 0.191 e. The van der Waals surface area contributed by atoms with Gasteiger partial charge in [0.1, 0.15) is 24.0 Å². The number of ether oxygens (including phenoxy) is 1. The van der Waals surface area contributed by atoms with E-state index in [1.54, 1.807) is 24.3 Å². The highest BCUT2D eigenvalue weighted by Gasteiger charge is 2.13. The third-order valence-electron chi connectivity index (χ3n) is 3.54. The first kappa shape index (κ1) is 18.1. The Labute approximate surface area is 154 Å². The fourth-order valence-corrected chi connectivity index (χ4v) is 3.21. The lowest BCUT2D eigenvalue weighted by Crippen LogP contribution is -2.07. The van der Waals surface area contributed by atoms with Crippen molar-refractivity contribution in [2.75, 3.05) is 0 Å². The van der Waals surface area contributed by atoms with Crippen LogP contribution in [0.3, 0.4) is 0 Å². The van der Waals surface area contributed by atoms with E-state index in [1.165, 1.54) is 36.0 Å². The van der Waals surface area contributed by atoms with Crippen molar-refractivity contribution in [1.29, 1.82) is 0 Å². The lowest BCUT2D eigenvalue weighted by Gasteiger charge is -2.09. The summed E-state index contributed by atoms with van der Waals surface area (Å²) in [6.45, 7) is 4.49. The molecule has 0 atom stereocenters. The van der Waals surface area contributed by atoms with E-state index in [0.717, 1.165) is 5.56 Å². The first-order valence-corrected chi connectivity index (χ1v) is 8.93. The number of hydrogen-bond donors (Lipinski definition) is 0. The summed E-state index contributed by atoms with van der Waals surface area (Å²) in [4.78, 5) is 0. The van der Waals surface area contributed by atoms with Gasteiger partial charge in [-0.3, -0.25) is 4.57 Å². The van der Waals surface area contributed by atoms with Gasteiger partial charge >= 0.3 is 0 Å². The van der Waals surface area contributed by atoms with Crippen molar-refractivity contribution in [3.8, 4) is 5.75 Å². The molecule has 26 heavy (non-hydrogen) atoms. The van der Waals surface area contributed by atoms with E-state index in [-0.39, 0.29) is 18.2 Å². The summed E-state index contributed by atoms with van der Waals surface area (Å²) in [7, 11) is 0. The molecule has 0 aliphatic carbocycles. The van der Waals surface area contributed by atoms with Crippen LogP contribution in [0.15, 0.2) is 66.3 Å². The maximum absolute atomic E-state index is 13.3. The number of halogens is 2. The molecule has 0 bridgehead atoms. The second-order valence-electron chi connectivity index (χ2n) is 5.46. The van der Waals surface area contributed by atoms with Gasteiger partial charge in [-0.05, 0) is 42.0 Å². The SMILES string of the molecule is C=CCn1c(COc2ccc(F)cc2)nnc1SCc1cccc(F)c1. The molecule has 0 saturated carbocycles. The fraction of sp³-hybridized carbons (Fsp3) is 0.158. The number of nitrogens with zero attached hydrogens (tertiary/aromatic N) is 3. The average molecular weight is 373 g/mol. The molecule has 2 aromatic carbocycles. The van der Waals surface area contributed by atoms with Crippen LogP contribution >= 0.6 is 11.8 Å². The van der Waals surface area contributed by atoms with Crippen LogP contribution in [0.2, 0.25) is 0 Å². The normalized spacial score (nSPS) is 10.7. The van der Waals surface area contributed by atoms with Gasteiger partial charge in [-0.15, -0.1) is 16.8 Å². The Morgan fingerprint density at radius 2 is 1.88 bits per heavy atom. The van der Waals surface area contributed by atoms with Crippen LogP contribution in [0.25, 0.3) is 0 Å². The smallest absolute Gasteiger partial charge is 0.191 e. The van der Waals surface area contributed by atoms with E-state index in [4.69, 9.17) is 4.74 Å². The monoisotopic (exact) mass is 373 g/mol. The van der Waals surface area contributed by atoms with Crippen molar-refractivity contribution in [2.24, 2.45) is 0 Å². The average Bonchev–Trinajstić information content (AvgIpc) is 3.02. The van der Waals surface area contributed by atoms with Crippen LogP contribution in [-0.2, 0) is 18.9 Å². The molecular formula is C19H17F2N3OS. The van der Waals surface area contributed by atoms with Crippen LogP contribution < -0.4 is 4.74 Å². The molecule has 4 nitrogen and oxygen atoms in total. The Kier molecular flexibility index (Phi) is 6.01. The van der Waals surface area contributed by atoms with Gasteiger partial charge in [0.25, 0.3) is 0 Å². The summed E-state index contributed by atoms with van der Waals surface area (Å²) in [5.74, 6) is 1.18. The summed E-state index contributed by atoms with van der Waals surface area (Å²) in [5.41, 5.74) is 0.868. The fourth-order valence-electron chi connectivity index (χ4n) is 2.30. The Balaban J connectivity index is 1.68. The zero-order valence-electron chi connectivity index (χ0n) is 13.9. The molecule has 3 aromatic rings. The number of allylic oxidation sites excluding steroid dienone is 1. The van der Waals surface area contributed by atoms with Gasteiger partial charge in [-0.2, -0.15) is 0 Å². The third-order valence-corrected chi connectivity index (χ3v) is 4.58. The molecule has 1 aromatic heterocycles. The van der Waals surface area contributed by atoms with Crippen molar-refractivity contribution < 1.29 is 13.5 Å². The van der Waals surface area contributed by atoms with E-state index in [1.807, 2.05) is 10.6 Å². The predicted molar refractivity (Wildman–Crippen MR) is 96.9 cm³/mol. The summed E-state index contributed by atoms with van der Waals surface area (Å²) < 4.78 is 33.8. The number of rotatable bonds is 8. The molecule has 134 valence electrons. The van der Waals surface area contributed by atoms with Gasteiger partial charge in [0.2, 0.25) is 0 Å². The summed E-state index contributed by atoms with van der Waals surface area (Å²) in [5, 5.41) is 9.06. The molecule has 7 heteroatoms. The Hall–Kier alpha value is -2.67. The van der Waals surface area contributed by atoms with Gasteiger partial charge in [0.15, 0.2) is 11.0 Å². The third kappa shape index (κ3) is 4.70. The number of thioether (sulfide) groups is 1. The van der Waals surface area contributed by atoms with E-state index < -0.39 is 0 Å². The largest absolute Gasteiger partial charge is 0.486 e. The number of hydrogen-bond acceptors (Lipinski definition) is 4. The molecule has 0 spiro atoms. The quantitative estimate of drug-likeness (QED) is 0.427. The molecule has 0 radical (unpaired) electrons. The van der Waals surface area contributed by atoms with Crippen LogP contribution in [0, 0.1) is 11.6 Å². The zero-order valence-corrected chi connectivity index (χ0v) is 14.8. The summed E-state index contributed by atoms with van der Waals surface area (Å²) in [6, 6.07) is 12.3. The van der Waals surface area contributed by atoms with Crippen molar-refractivity contribution in [1.82, 2.24) is 14.8 Å². The molecule has 1 heterocycles. The van der Waals surface area contributed by atoms with E-state index >= 15 is 0 Å². The van der Waals surface area contributed by atoms with Crippen LogP contribution in [0.4, 0.5) is 8.78 Å². The second-order valence-corrected chi connectivity index (χ2v) is 6.40. The zero-order chi connectivity index (χ0) is 18.4. The highest BCUT2D eigenvalue weighted by atomic mass is 32.2. The van der Waals surface area contributed by atoms with Gasteiger partial charge < -0.3 is 4.74 Å². The molecule has 0 N–H and O–H groups in total. The lowest BCUT2D eigenvalue weighted by atomic mass is 10.2. The minimum Gasteiger partial charge on any atom is -0.486 e. The minimum absolute atomic E-state index is 0.201. The van der Waals surface area contributed by atoms with Crippen molar-refractivity contribution >= 4 is 11.8 Å². The van der Waals surface area contributed by atoms with Gasteiger partial charge in [-0.25, -0.2) is 8.78 Å². The van der Waals surface area contributed by atoms with Crippen LogP contribution in [0.1, 0.15) is 11.4 Å². The van der Waals surface area contributed by atoms with Crippen molar-refractivity contribution in [2.45, 2.75) is 24.1 Å². The first-order chi connectivity index (χ1) is 12.7. The Morgan fingerprint density at radius 1 is 1.08 bits per heavy atom. The topological polar surface area (TPSA) is 39.9 Å². The standard InChI is InChI=1S/C19H17F2N3OS/c1-2-10-24-18(12-25-17-8-6-15(20)7-9-17)22-23-19(24)26-13-14-4-3-5-16(21)11-14/h2-9,11H,1,10,12-13H2. The Morgan fingerprint density at radius 3 is 2.62 bits per heavy atom. The van der Waals surface area contributed by atoms with E-state index in [9.17, 15) is 8.78 Å². The predicted octanol–water partition coefficient (Wildman–Crippen LogP) is 4.61. The molecule has 0 aliphatic rings. The lowest BCUT2D eigenvalue weighted by molar-refractivity contribution is 0.288. The van der Waals surface area contributed by atoms with Crippen molar-refractivity contribution in [3.05, 3.63) is 84.2 Å². The Bertz CT molecular complexity index is 881. The van der Waals surface area contributed by atoms with Gasteiger partial charge in [0, 0.05) is 12.3 Å². The molecule has 0 fully saturated rings.